The molecule has 0 spiro atoms. The molecule has 1 atom stereocenters. The fraction of sp³-hybridized carbons (Fsp3) is 0.133. The molecule has 1 aromatic heterocycles. The Labute approximate surface area is 136 Å². The van der Waals surface area contributed by atoms with Gasteiger partial charge >= 0.3 is 13.1 Å². The van der Waals surface area contributed by atoms with Gasteiger partial charge in [-0.3, -0.25) is 9.78 Å². The predicted molar refractivity (Wildman–Crippen MR) is 81.2 cm³/mol. The Morgan fingerprint density at radius 3 is 2.88 bits per heavy atom. The monoisotopic (exact) mass is 330 g/mol. The fourth-order valence-corrected chi connectivity index (χ4v) is 2.50. The average molecular weight is 330 g/mol. The highest BCUT2D eigenvalue weighted by Crippen LogP contribution is 2.30. The zero-order valence-electron chi connectivity index (χ0n) is 12.3. The molecule has 0 radical (unpaired) electrons. The van der Waals surface area contributed by atoms with Gasteiger partial charge in [-0.15, -0.1) is 0 Å². The molecule has 7 nitrogen and oxygen atoms in total. The molecule has 2 aromatic rings. The topological polar surface area (TPSA) is 109 Å². The van der Waals surface area contributed by atoms with Crippen molar-refractivity contribution >= 4 is 19.0 Å². The van der Waals surface area contributed by atoms with Gasteiger partial charge in [-0.05, 0) is 24.1 Å². The van der Waals surface area contributed by atoms with Crippen LogP contribution in [-0.4, -0.2) is 40.1 Å². The summed E-state index contributed by atoms with van der Waals surface area (Å²) in [4.78, 5) is 26.9. The number of hydrogen-bond donors (Lipinski definition) is 3. The number of aromatic carboxylic acids is 1. The van der Waals surface area contributed by atoms with Gasteiger partial charge in [0.15, 0.2) is 0 Å². The van der Waals surface area contributed by atoms with Gasteiger partial charge in [-0.1, -0.05) is 12.1 Å². The van der Waals surface area contributed by atoms with Gasteiger partial charge < -0.3 is 20.1 Å². The summed E-state index contributed by atoms with van der Waals surface area (Å²) in [5.74, 6) is -3.17. The van der Waals surface area contributed by atoms with E-state index >= 15 is 0 Å². The first kappa shape index (κ1) is 15.9. The van der Waals surface area contributed by atoms with Crippen LogP contribution >= 0.6 is 0 Å². The molecule has 0 bridgehead atoms. The number of para-hydroxylation sites is 1. The molecule has 1 unspecified atom stereocenters. The quantitative estimate of drug-likeness (QED) is 0.714. The standard InChI is InChI=1S/C15H12BFN2O5/c17-10-4-9(6-18-7-10)14(20)19-12-5-8-2-1-3-11(15(21)22)13(8)24-16(12)23/h1-4,6-7,12,23H,5H2,(H,19,20)(H,21,22). The summed E-state index contributed by atoms with van der Waals surface area (Å²) in [6.45, 7) is 0. The molecule has 1 aliphatic rings. The lowest BCUT2D eigenvalue weighted by Crippen LogP contribution is -2.53. The smallest absolute Gasteiger partial charge is 0.534 e. The highest BCUT2D eigenvalue weighted by molar-refractivity contribution is 6.47. The number of amides is 1. The molecule has 1 amide bonds. The van der Waals surface area contributed by atoms with Crippen LogP contribution in [0.2, 0.25) is 0 Å². The number of carboxylic acid groups (broad SMARTS) is 1. The minimum atomic E-state index is -1.43. The van der Waals surface area contributed by atoms with Gasteiger partial charge in [-0.25, -0.2) is 9.18 Å². The molecule has 122 valence electrons. The van der Waals surface area contributed by atoms with Crippen LogP contribution < -0.4 is 9.97 Å². The van der Waals surface area contributed by atoms with Crippen molar-refractivity contribution in [3.05, 3.63) is 59.2 Å². The van der Waals surface area contributed by atoms with E-state index in [9.17, 15) is 19.0 Å². The summed E-state index contributed by atoms with van der Waals surface area (Å²) < 4.78 is 18.4. The fourth-order valence-electron chi connectivity index (χ4n) is 2.50. The normalized spacial score (nSPS) is 16.1. The van der Waals surface area contributed by atoms with Gasteiger partial charge in [0.05, 0.1) is 23.3 Å². The van der Waals surface area contributed by atoms with Gasteiger partial charge in [0.25, 0.3) is 5.91 Å². The summed E-state index contributed by atoms with van der Waals surface area (Å²) in [5.41, 5.74) is 0.487. The third-order valence-corrected chi connectivity index (χ3v) is 3.63. The predicted octanol–water partition coefficient (Wildman–Crippen LogP) is 0.672. The van der Waals surface area contributed by atoms with Gasteiger partial charge in [0.2, 0.25) is 0 Å². The maximum atomic E-state index is 13.1. The number of carbonyl (C=O) groups is 2. The number of benzene rings is 1. The van der Waals surface area contributed by atoms with E-state index in [4.69, 9.17) is 9.76 Å². The minimum Gasteiger partial charge on any atom is -0.534 e. The Bertz CT molecular complexity index is 816. The van der Waals surface area contributed by atoms with E-state index < -0.39 is 30.8 Å². The second kappa shape index (κ2) is 6.28. The number of nitrogens with zero attached hydrogens (tertiary/aromatic N) is 1. The van der Waals surface area contributed by atoms with Crippen LogP contribution in [0.3, 0.4) is 0 Å². The molecule has 24 heavy (non-hydrogen) atoms. The molecule has 0 fully saturated rings. The molecular formula is C15H12BFN2O5. The Hall–Kier alpha value is -2.94. The van der Waals surface area contributed by atoms with E-state index in [-0.39, 0.29) is 23.3 Å². The van der Waals surface area contributed by atoms with E-state index in [1.54, 1.807) is 12.1 Å². The SMILES string of the molecule is O=C(NC1Cc2cccc(C(=O)O)c2OB1O)c1cncc(F)c1. The number of aromatic nitrogens is 1. The summed E-state index contributed by atoms with van der Waals surface area (Å²) >= 11 is 0. The van der Waals surface area contributed by atoms with Crippen molar-refractivity contribution in [1.29, 1.82) is 0 Å². The molecule has 0 saturated carbocycles. The van der Waals surface area contributed by atoms with Crippen molar-refractivity contribution in [2.45, 2.75) is 12.4 Å². The molecule has 1 aromatic carbocycles. The van der Waals surface area contributed by atoms with Crippen LogP contribution in [0.5, 0.6) is 5.75 Å². The third-order valence-electron chi connectivity index (χ3n) is 3.63. The van der Waals surface area contributed by atoms with Crippen molar-refractivity contribution in [3.8, 4) is 5.75 Å². The Balaban J connectivity index is 1.81. The number of fused-ring (bicyclic) bond motifs is 1. The second-order valence-corrected chi connectivity index (χ2v) is 5.28. The molecule has 0 aliphatic carbocycles. The number of halogens is 1. The maximum Gasteiger partial charge on any atom is 0.547 e. The van der Waals surface area contributed by atoms with E-state index in [0.717, 1.165) is 12.3 Å². The minimum absolute atomic E-state index is 0.00674. The molecule has 0 saturated heterocycles. The first-order valence-electron chi connectivity index (χ1n) is 7.07. The summed E-state index contributed by atoms with van der Waals surface area (Å²) in [6, 6.07) is 5.59. The van der Waals surface area contributed by atoms with Crippen molar-refractivity contribution in [1.82, 2.24) is 10.3 Å². The lowest BCUT2D eigenvalue weighted by molar-refractivity contribution is 0.0693. The highest BCUT2D eigenvalue weighted by atomic mass is 19.1. The zero-order chi connectivity index (χ0) is 17.3. The molecule has 2 heterocycles. The second-order valence-electron chi connectivity index (χ2n) is 5.28. The van der Waals surface area contributed by atoms with Crippen LogP contribution in [-0.2, 0) is 6.42 Å². The van der Waals surface area contributed by atoms with Crippen molar-refractivity contribution < 1.29 is 28.8 Å². The molecule has 3 rings (SSSR count). The van der Waals surface area contributed by atoms with Crippen LogP contribution in [0, 0.1) is 5.82 Å². The van der Waals surface area contributed by atoms with Crippen LogP contribution in [0.15, 0.2) is 36.7 Å². The van der Waals surface area contributed by atoms with Crippen LogP contribution in [0.4, 0.5) is 4.39 Å². The number of carboxylic acids is 1. The van der Waals surface area contributed by atoms with Crippen LogP contribution in [0.25, 0.3) is 0 Å². The molecular weight excluding hydrogens is 318 g/mol. The Kier molecular flexibility index (Phi) is 4.17. The Morgan fingerprint density at radius 1 is 1.38 bits per heavy atom. The van der Waals surface area contributed by atoms with Crippen molar-refractivity contribution in [3.63, 3.8) is 0 Å². The lowest BCUT2D eigenvalue weighted by atomic mass is 9.72. The molecule has 9 heteroatoms. The number of pyridine rings is 1. The van der Waals surface area contributed by atoms with E-state index in [2.05, 4.69) is 10.3 Å². The molecule has 3 N–H and O–H groups in total. The third kappa shape index (κ3) is 3.06. The lowest BCUT2D eigenvalue weighted by Gasteiger charge is -2.28. The summed E-state index contributed by atoms with van der Waals surface area (Å²) in [6.07, 6.45) is 2.34. The van der Waals surface area contributed by atoms with Gasteiger partial charge in [-0.2, -0.15) is 0 Å². The summed E-state index contributed by atoms with van der Waals surface area (Å²) in [7, 11) is -1.43. The van der Waals surface area contributed by atoms with Crippen LogP contribution in [0.1, 0.15) is 26.3 Å². The number of carbonyl (C=O) groups excluding carboxylic acids is 1. The maximum absolute atomic E-state index is 13.1. The van der Waals surface area contributed by atoms with E-state index in [1.165, 1.54) is 12.3 Å². The van der Waals surface area contributed by atoms with Gasteiger partial charge in [0, 0.05) is 6.20 Å². The van der Waals surface area contributed by atoms with Crippen molar-refractivity contribution in [2.24, 2.45) is 0 Å². The van der Waals surface area contributed by atoms with E-state index in [0.29, 0.717) is 5.56 Å². The largest absolute Gasteiger partial charge is 0.547 e. The Morgan fingerprint density at radius 2 is 2.17 bits per heavy atom. The summed E-state index contributed by atoms with van der Waals surface area (Å²) in [5, 5.41) is 21.7. The first-order valence-corrected chi connectivity index (χ1v) is 7.07. The average Bonchev–Trinajstić information content (AvgIpc) is 2.54. The van der Waals surface area contributed by atoms with E-state index in [1.807, 2.05) is 0 Å². The zero-order valence-corrected chi connectivity index (χ0v) is 12.3. The molecule has 1 aliphatic heterocycles. The first-order chi connectivity index (χ1) is 11.5. The van der Waals surface area contributed by atoms with Crippen molar-refractivity contribution in [2.75, 3.05) is 0 Å². The highest BCUT2D eigenvalue weighted by Gasteiger charge is 2.37. The van der Waals surface area contributed by atoms with Gasteiger partial charge in [0.1, 0.15) is 11.6 Å². The number of nitrogens with one attached hydrogen (secondary N) is 1. The number of rotatable bonds is 3. The number of hydrogen-bond acceptors (Lipinski definition) is 5.